The van der Waals surface area contributed by atoms with Gasteiger partial charge in [0.15, 0.2) is 17.3 Å². The maximum absolute atomic E-state index is 12.8. The van der Waals surface area contributed by atoms with E-state index in [1.807, 2.05) is 0 Å². The summed E-state index contributed by atoms with van der Waals surface area (Å²) in [5.41, 5.74) is 0.741. The minimum atomic E-state index is -0.575. The minimum absolute atomic E-state index is 0.0227. The Kier molecular flexibility index (Phi) is 3.90. The molecule has 1 aliphatic rings. The summed E-state index contributed by atoms with van der Waals surface area (Å²) in [5.74, 6) is -1.26. The Balaban J connectivity index is 1.84. The van der Waals surface area contributed by atoms with Crippen molar-refractivity contribution in [3.05, 3.63) is 86.8 Å². The zero-order chi connectivity index (χ0) is 18.4. The van der Waals surface area contributed by atoms with E-state index in [2.05, 4.69) is 5.32 Å². The molecule has 1 amide bonds. The number of rotatable bonds is 2. The van der Waals surface area contributed by atoms with Gasteiger partial charge in [-0.15, -0.1) is 0 Å². The summed E-state index contributed by atoms with van der Waals surface area (Å²) in [7, 11) is 0. The summed E-state index contributed by atoms with van der Waals surface area (Å²) in [6.45, 7) is 0. The van der Waals surface area contributed by atoms with E-state index in [4.69, 9.17) is 27.6 Å². The average molecular weight is 386 g/mol. The molecule has 0 aliphatic heterocycles. The van der Waals surface area contributed by atoms with Gasteiger partial charge >= 0.3 is 0 Å². The molecule has 1 aromatic heterocycles. The van der Waals surface area contributed by atoms with Crippen LogP contribution in [-0.4, -0.2) is 17.5 Å². The van der Waals surface area contributed by atoms with Gasteiger partial charge in [0, 0.05) is 16.7 Å². The summed E-state index contributed by atoms with van der Waals surface area (Å²) < 4.78 is 5.03. The quantitative estimate of drug-likeness (QED) is 0.546. The van der Waals surface area contributed by atoms with Crippen LogP contribution in [0.25, 0.3) is 0 Å². The van der Waals surface area contributed by atoms with Crippen LogP contribution in [-0.2, 0) is 0 Å². The molecule has 0 bridgehead atoms. The molecule has 3 aromatic rings. The first kappa shape index (κ1) is 16.6. The summed E-state index contributed by atoms with van der Waals surface area (Å²) in [5, 5.41) is 2.50. The van der Waals surface area contributed by atoms with Crippen molar-refractivity contribution < 1.29 is 18.8 Å². The van der Waals surface area contributed by atoms with Gasteiger partial charge in [-0.25, -0.2) is 0 Å². The number of hydrogen-bond acceptors (Lipinski definition) is 4. The second kappa shape index (κ2) is 6.12. The van der Waals surface area contributed by atoms with Gasteiger partial charge in [0.25, 0.3) is 5.91 Å². The van der Waals surface area contributed by atoms with E-state index in [0.29, 0.717) is 5.56 Å². The third-order valence-electron chi connectivity index (χ3n) is 4.09. The second-order valence-corrected chi connectivity index (χ2v) is 6.39. The van der Waals surface area contributed by atoms with E-state index in [1.165, 1.54) is 18.4 Å². The fourth-order valence-corrected chi connectivity index (χ4v) is 3.51. The molecule has 0 saturated heterocycles. The number of ketones is 2. The van der Waals surface area contributed by atoms with Gasteiger partial charge in [-0.1, -0.05) is 47.5 Å². The lowest BCUT2D eigenvalue weighted by Crippen LogP contribution is -2.22. The van der Waals surface area contributed by atoms with Gasteiger partial charge < -0.3 is 9.73 Å². The molecule has 1 N–H and O–H groups in total. The monoisotopic (exact) mass is 385 g/mol. The van der Waals surface area contributed by atoms with Crippen LogP contribution in [0.5, 0.6) is 0 Å². The Morgan fingerprint density at radius 3 is 2.27 bits per heavy atom. The van der Waals surface area contributed by atoms with E-state index in [0.717, 1.165) is 0 Å². The van der Waals surface area contributed by atoms with Crippen molar-refractivity contribution in [1.29, 1.82) is 0 Å². The van der Waals surface area contributed by atoms with Crippen LogP contribution >= 0.6 is 23.2 Å². The zero-order valence-corrected chi connectivity index (χ0v) is 14.5. The summed E-state index contributed by atoms with van der Waals surface area (Å²) >= 11 is 12.6. The SMILES string of the molecule is O=C(Nc1c(Cl)cc2c(c1Cl)C(=O)c1ccccc1C2=O)c1ccco1. The smallest absolute Gasteiger partial charge is 0.291 e. The lowest BCUT2D eigenvalue weighted by molar-refractivity contribution is 0.0979. The lowest BCUT2D eigenvalue weighted by Gasteiger charge is -2.21. The largest absolute Gasteiger partial charge is 0.459 e. The molecule has 1 aliphatic carbocycles. The van der Waals surface area contributed by atoms with Gasteiger partial charge in [-0.2, -0.15) is 0 Å². The molecule has 1 heterocycles. The van der Waals surface area contributed by atoms with E-state index < -0.39 is 11.7 Å². The van der Waals surface area contributed by atoms with Crippen LogP contribution in [0.15, 0.2) is 53.1 Å². The third-order valence-corrected chi connectivity index (χ3v) is 4.77. The van der Waals surface area contributed by atoms with Crippen molar-refractivity contribution >= 4 is 46.4 Å². The highest BCUT2D eigenvalue weighted by Gasteiger charge is 2.33. The Morgan fingerprint density at radius 2 is 1.62 bits per heavy atom. The molecule has 7 heteroatoms. The number of benzene rings is 2. The predicted molar refractivity (Wildman–Crippen MR) is 96.4 cm³/mol. The maximum atomic E-state index is 12.8. The molecule has 5 nitrogen and oxygen atoms in total. The Bertz CT molecular complexity index is 1090. The van der Waals surface area contributed by atoms with Gasteiger partial charge in [-0.05, 0) is 18.2 Å². The highest BCUT2D eigenvalue weighted by Crippen LogP contribution is 2.40. The summed E-state index contributed by atoms with van der Waals surface area (Å²) in [6, 6.07) is 10.9. The number of hydrogen-bond donors (Lipinski definition) is 1. The number of anilines is 1. The standard InChI is InChI=1S/C19H9Cl2NO4/c20-12-8-11-14(18(24)10-5-2-1-4-9(10)17(11)23)15(21)16(12)22-19(25)13-6-3-7-26-13/h1-8H,(H,22,25). The second-order valence-electron chi connectivity index (χ2n) is 5.61. The highest BCUT2D eigenvalue weighted by atomic mass is 35.5. The van der Waals surface area contributed by atoms with E-state index in [1.54, 1.807) is 30.3 Å². The molecule has 0 saturated carbocycles. The highest BCUT2D eigenvalue weighted by molar-refractivity contribution is 6.45. The molecule has 2 aromatic carbocycles. The molecule has 4 rings (SSSR count). The first-order valence-corrected chi connectivity index (χ1v) is 8.30. The first-order valence-electron chi connectivity index (χ1n) is 7.54. The Morgan fingerprint density at radius 1 is 0.923 bits per heavy atom. The Labute approximate surface area is 157 Å². The summed E-state index contributed by atoms with van der Waals surface area (Å²) in [6.07, 6.45) is 1.35. The zero-order valence-electron chi connectivity index (χ0n) is 13.0. The number of amides is 1. The lowest BCUT2D eigenvalue weighted by atomic mass is 9.84. The van der Waals surface area contributed by atoms with Crippen LogP contribution in [0.2, 0.25) is 10.0 Å². The number of nitrogens with one attached hydrogen (secondary N) is 1. The summed E-state index contributed by atoms with van der Waals surface area (Å²) in [4.78, 5) is 37.8. The average Bonchev–Trinajstić information content (AvgIpc) is 3.17. The van der Waals surface area contributed by atoms with Crippen molar-refractivity contribution in [2.24, 2.45) is 0 Å². The maximum Gasteiger partial charge on any atom is 0.291 e. The number of carbonyl (C=O) groups is 3. The van der Waals surface area contributed by atoms with Crippen molar-refractivity contribution in [3.63, 3.8) is 0 Å². The normalized spacial score (nSPS) is 12.5. The van der Waals surface area contributed by atoms with Crippen molar-refractivity contribution in [2.45, 2.75) is 0 Å². The van der Waals surface area contributed by atoms with Crippen LogP contribution in [0, 0.1) is 0 Å². The molecule has 0 radical (unpaired) electrons. The van der Waals surface area contributed by atoms with E-state index in [-0.39, 0.29) is 44.0 Å². The van der Waals surface area contributed by atoms with Crippen LogP contribution in [0.3, 0.4) is 0 Å². The van der Waals surface area contributed by atoms with Crippen LogP contribution in [0.1, 0.15) is 42.4 Å². The molecule has 0 unspecified atom stereocenters. The van der Waals surface area contributed by atoms with Crippen molar-refractivity contribution in [3.8, 4) is 0 Å². The van der Waals surface area contributed by atoms with E-state index >= 15 is 0 Å². The van der Waals surface area contributed by atoms with Gasteiger partial charge in [-0.3, -0.25) is 14.4 Å². The predicted octanol–water partition coefficient (Wildman–Crippen LogP) is 4.61. The van der Waals surface area contributed by atoms with E-state index in [9.17, 15) is 14.4 Å². The molecular weight excluding hydrogens is 377 g/mol. The van der Waals surface area contributed by atoms with Gasteiger partial charge in [0.2, 0.25) is 0 Å². The van der Waals surface area contributed by atoms with Gasteiger partial charge in [0.1, 0.15) is 0 Å². The fourth-order valence-electron chi connectivity index (χ4n) is 2.88. The third kappa shape index (κ3) is 2.44. The number of furan rings is 1. The van der Waals surface area contributed by atoms with Crippen molar-refractivity contribution in [1.82, 2.24) is 0 Å². The van der Waals surface area contributed by atoms with Crippen molar-refractivity contribution in [2.75, 3.05) is 5.32 Å². The Hall–Kier alpha value is -2.89. The molecule has 26 heavy (non-hydrogen) atoms. The number of halogens is 2. The topological polar surface area (TPSA) is 76.4 Å². The van der Waals surface area contributed by atoms with Crippen LogP contribution < -0.4 is 5.32 Å². The van der Waals surface area contributed by atoms with Gasteiger partial charge in [0.05, 0.1) is 27.6 Å². The molecular formula is C19H9Cl2NO4. The molecule has 0 atom stereocenters. The molecule has 0 spiro atoms. The first-order chi connectivity index (χ1) is 12.5. The fraction of sp³-hybridized carbons (Fsp3) is 0. The molecule has 128 valence electrons. The number of fused-ring (bicyclic) bond motifs is 2. The van der Waals surface area contributed by atoms with Crippen LogP contribution in [0.4, 0.5) is 5.69 Å². The number of carbonyl (C=O) groups excluding carboxylic acids is 3. The molecule has 0 fully saturated rings. The minimum Gasteiger partial charge on any atom is -0.459 e.